The topological polar surface area (TPSA) is 51.2 Å². The van der Waals surface area contributed by atoms with E-state index >= 15 is 0 Å². The first-order valence-corrected chi connectivity index (χ1v) is 12.5. The first kappa shape index (κ1) is 25.6. The summed E-state index contributed by atoms with van der Waals surface area (Å²) in [4.78, 5) is 12.3. The highest BCUT2D eigenvalue weighted by Crippen LogP contribution is 2.17. The number of carbonyl (C=O) groups is 1. The van der Waals surface area contributed by atoms with E-state index in [1.807, 2.05) is 6.92 Å². The van der Waals surface area contributed by atoms with Crippen molar-refractivity contribution >= 4 is 15.9 Å². The van der Waals surface area contributed by atoms with E-state index in [0.717, 1.165) is 19.3 Å². The zero-order valence-electron chi connectivity index (χ0n) is 17.9. The maximum absolute atomic E-state index is 12.3. The van der Waals surface area contributed by atoms with Crippen molar-refractivity contribution in [3.05, 3.63) is 0 Å². The average Bonchev–Trinajstić information content (AvgIpc) is 2.58. The van der Waals surface area contributed by atoms with Crippen LogP contribution in [0.1, 0.15) is 110 Å². The zero-order valence-corrected chi connectivity index (χ0v) is 18.7. The molecule has 1 amide bonds. The highest BCUT2D eigenvalue weighted by molar-refractivity contribution is 7.86. The molecule has 26 heavy (non-hydrogen) atoms. The lowest BCUT2D eigenvalue weighted by molar-refractivity contribution is -0.681. The van der Waals surface area contributed by atoms with E-state index < -0.39 is 13.9 Å². The lowest BCUT2D eigenvalue weighted by Crippen LogP contribution is -2.51. The quantitative estimate of drug-likeness (QED) is 0.232. The van der Waals surface area contributed by atoms with Crippen molar-refractivity contribution in [3.8, 4) is 0 Å². The van der Waals surface area contributed by atoms with Gasteiger partial charge in [0.15, 0.2) is 0 Å². The second-order valence-electron chi connectivity index (χ2n) is 8.02. The van der Waals surface area contributed by atoms with Gasteiger partial charge in [-0.1, -0.05) is 90.9 Å². The number of amides is 1. The van der Waals surface area contributed by atoms with E-state index in [9.17, 15) is 13.2 Å². The van der Waals surface area contributed by atoms with Gasteiger partial charge in [-0.3, -0.25) is 0 Å². The molecule has 4 nitrogen and oxygen atoms in total. The molecule has 0 unspecified atom stereocenters. The number of unbranched alkanes of at least 4 members (excludes halogenated alkanes) is 12. The predicted molar refractivity (Wildman–Crippen MR) is 112 cm³/mol. The molecule has 0 aromatic carbocycles. The molecule has 0 fully saturated rings. The Morgan fingerprint density at radius 3 is 1.42 bits per heavy atom. The minimum absolute atomic E-state index is 0.0738. The van der Waals surface area contributed by atoms with E-state index in [4.69, 9.17) is 0 Å². The minimum atomic E-state index is -3.39. The van der Waals surface area contributed by atoms with Crippen molar-refractivity contribution in [2.24, 2.45) is 0 Å². The van der Waals surface area contributed by atoms with Gasteiger partial charge in [-0.25, -0.2) is 4.79 Å². The number of quaternary nitrogens is 1. The molecular formula is C21H44NO3S+. The van der Waals surface area contributed by atoms with Gasteiger partial charge in [-0.05, 0) is 12.8 Å². The summed E-state index contributed by atoms with van der Waals surface area (Å²) in [5.74, 6) is -0.105. The third-order valence-corrected chi connectivity index (χ3v) is 7.77. The second-order valence-corrected chi connectivity index (χ2v) is 10.5. The van der Waals surface area contributed by atoms with Gasteiger partial charge in [-0.2, -0.15) is 12.3 Å². The lowest BCUT2D eigenvalue weighted by atomic mass is 10.0. The third-order valence-electron chi connectivity index (χ3n) is 5.25. The monoisotopic (exact) mass is 390 g/mol. The summed E-state index contributed by atoms with van der Waals surface area (Å²) in [6, 6.07) is 0. The van der Waals surface area contributed by atoms with Crippen LogP contribution in [0.25, 0.3) is 0 Å². The average molecular weight is 391 g/mol. The van der Waals surface area contributed by atoms with E-state index in [0.29, 0.717) is 12.8 Å². The van der Waals surface area contributed by atoms with Crippen molar-refractivity contribution < 1.29 is 17.1 Å². The fraction of sp³-hybridized carbons (Fsp3) is 0.952. The summed E-state index contributed by atoms with van der Waals surface area (Å²) in [6.07, 6.45) is 17.3. The molecule has 5 heteroatoms. The zero-order chi connectivity index (χ0) is 19.9. The Kier molecular flexibility index (Phi) is 14.4. The highest BCUT2D eigenvalue weighted by atomic mass is 32.2. The Hall–Kier alpha value is -0.420. The maximum Gasteiger partial charge on any atom is 0.328 e. The van der Waals surface area contributed by atoms with Crippen LogP contribution >= 0.6 is 0 Å². The fourth-order valence-electron chi connectivity index (χ4n) is 3.20. The number of rotatable bonds is 17. The normalized spacial score (nSPS) is 12.5. The van der Waals surface area contributed by atoms with E-state index in [1.165, 1.54) is 78.3 Å². The Morgan fingerprint density at radius 2 is 1.04 bits per heavy atom. The molecular weight excluding hydrogens is 346 g/mol. The van der Waals surface area contributed by atoms with Crippen LogP contribution in [-0.2, 0) is 14.8 Å². The van der Waals surface area contributed by atoms with E-state index in [-0.39, 0.29) is 11.7 Å². The molecule has 0 saturated carbocycles. The van der Waals surface area contributed by atoms with Crippen molar-refractivity contribution in [2.75, 3.05) is 19.8 Å². The Bertz CT molecular complexity index is 458. The Labute approximate surface area is 163 Å². The van der Waals surface area contributed by atoms with Crippen LogP contribution < -0.4 is 0 Å². The van der Waals surface area contributed by atoms with E-state index in [1.54, 1.807) is 0 Å². The Morgan fingerprint density at radius 1 is 0.654 bits per heavy atom. The molecule has 0 aliphatic rings. The van der Waals surface area contributed by atoms with Crippen LogP contribution in [0.2, 0.25) is 0 Å². The molecule has 0 radical (unpaired) electrons. The standard InChI is InChI=1S/C21H44NO3S/c1-5-7-8-9-10-11-12-13-14-15-16-17-18-19-21(23)22(3,4)26(24,25)20-6-2/h5-20H2,1-4H3/q+1. The molecule has 0 aliphatic heterocycles. The van der Waals surface area contributed by atoms with Gasteiger partial charge in [-0.15, -0.1) is 0 Å². The van der Waals surface area contributed by atoms with Crippen LogP contribution in [0, 0.1) is 0 Å². The van der Waals surface area contributed by atoms with Gasteiger partial charge >= 0.3 is 15.9 Å². The fourth-order valence-corrected chi connectivity index (χ4v) is 4.58. The number of hydrogen-bond donors (Lipinski definition) is 0. The molecule has 0 heterocycles. The van der Waals surface area contributed by atoms with Crippen molar-refractivity contribution in [3.63, 3.8) is 0 Å². The first-order valence-electron chi connectivity index (χ1n) is 10.9. The van der Waals surface area contributed by atoms with Gasteiger partial charge in [0.2, 0.25) is 0 Å². The van der Waals surface area contributed by atoms with Gasteiger partial charge in [0.05, 0.1) is 20.5 Å². The predicted octanol–water partition coefficient (Wildman–Crippen LogP) is 5.81. The molecule has 0 aromatic rings. The molecule has 0 aromatic heterocycles. The summed E-state index contributed by atoms with van der Waals surface area (Å²) in [5, 5.41) is 0. The summed E-state index contributed by atoms with van der Waals surface area (Å²) in [6.45, 7) is 4.08. The number of hydrogen-bond acceptors (Lipinski definition) is 3. The maximum atomic E-state index is 12.3. The summed E-state index contributed by atoms with van der Waals surface area (Å²) < 4.78 is 23.9. The Balaban J connectivity index is 3.65. The summed E-state index contributed by atoms with van der Waals surface area (Å²) >= 11 is 0. The van der Waals surface area contributed by atoms with Gasteiger partial charge in [0.1, 0.15) is 5.75 Å². The third kappa shape index (κ3) is 10.7. The molecule has 0 atom stereocenters. The largest absolute Gasteiger partial charge is 0.328 e. The SMILES string of the molecule is CCCCCCCCCCCCCCCC(=O)[N+](C)(C)S(=O)(=O)CCC. The van der Waals surface area contributed by atoms with Crippen molar-refractivity contribution in [2.45, 2.75) is 110 Å². The van der Waals surface area contributed by atoms with Crippen molar-refractivity contribution in [1.29, 1.82) is 0 Å². The van der Waals surface area contributed by atoms with Crippen LogP contribution in [0.5, 0.6) is 0 Å². The van der Waals surface area contributed by atoms with Crippen LogP contribution in [0.4, 0.5) is 0 Å². The minimum Gasteiger partial charge on any atom is -0.230 e. The van der Waals surface area contributed by atoms with Gasteiger partial charge in [0, 0.05) is 0 Å². The van der Waals surface area contributed by atoms with Crippen LogP contribution in [-0.4, -0.2) is 38.1 Å². The summed E-state index contributed by atoms with van der Waals surface area (Å²) in [5.41, 5.74) is 0. The van der Waals surface area contributed by atoms with Crippen LogP contribution in [0.15, 0.2) is 0 Å². The lowest BCUT2D eigenvalue weighted by Gasteiger charge is -2.25. The highest BCUT2D eigenvalue weighted by Gasteiger charge is 2.38. The molecule has 0 spiro atoms. The van der Waals surface area contributed by atoms with Crippen LogP contribution in [0.3, 0.4) is 0 Å². The molecule has 0 aliphatic carbocycles. The summed E-state index contributed by atoms with van der Waals surface area (Å²) in [7, 11) is -0.370. The number of carbonyl (C=O) groups excluding carboxylic acids is 1. The van der Waals surface area contributed by atoms with Gasteiger partial charge < -0.3 is 0 Å². The molecule has 0 N–H and O–H groups in total. The molecule has 0 bridgehead atoms. The van der Waals surface area contributed by atoms with E-state index in [2.05, 4.69) is 6.92 Å². The molecule has 0 rings (SSSR count). The van der Waals surface area contributed by atoms with Crippen molar-refractivity contribution in [1.82, 2.24) is 0 Å². The number of sulfonamides is 1. The molecule has 156 valence electrons. The van der Waals surface area contributed by atoms with Gasteiger partial charge in [0.25, 0.3) is 0 Å². The number of nitrogens with zero attached hydrogens (tertiary/aromatic N) is 1. The molecule has 0 saturated heterocycles. The first-order chi connectivity index (χ1) is 12.3. The second kappa shape index (κ2) is 14.6. The smallest absolute Gasteiger partial charge is 0.230 e.